The third-order valence-electron chi connectivity index (χ3n) is 4.49. The van der Waals surface area contributed by atoms with Crippen molar-refractivity contribution in [3.8, 4) is 0 Å². The van der Waals surface area contributed by atoms with E-state index in [0.29, 0.717) is 5.92 Å². The highest BCUT2D eigenvalue weighted by Gasteiger charge is 2.25. The van der Waals surface area contributed by atoms with E-state index >= 15 is 0 Å². The van der Waals surface area contributed by atoms with Gasteiger partial charge >= 0.3 is 0 Å². The van der Waals surface area contributed by atoms with E-state index in [9.17, 15) is 0 Å². The molecule has 1 saturated carbocycles. The molecule has 1 aliphatic carbocycles. The minimum absolute atomic E-state index is 0.390. The molecule has 3 rings (SSSR count). The van der Waals surface area contributed by atoms with Crippen molar-refractivity contribution in [3.05, 3.63) is 17.6 Å². The number of anilines is 1. The summed E-state index contributed by atoms with van der Waals surface area (Å²) in [5.41, 5.74) is 1.09. The molecule has 4 heteroatoms. The summed E-state index contributed by atoms with van der Waals surface area (Å²) >= 11 is 0. The maximum atomic E-state index is 4.79. The predicted octanol–water partition coefficient (Wildman–Crippen LogP) is 2.88. The normalized spacial score (nSPS) is 22.9. The lowest BCUT2D eigenvalue weighted by Crippen LogP contribution is -2.40. The molecule has 4 nitrogen and oxygen atoms in total. The van der Waals surface area contributed by atoms with E-state index < -0.39 is 0 Å². The Morgan fingerprint density at radius 3 is 2.81 bits per heavy atom. The second-order valence-electron chi connectivity index (χ2n) is 7.02. The second-order valence-corrected chi connectivity index (χ2v) is 7.02. The smallest absolute Gasteiger partial charge is 0.133 e. The van der Waals surface area contributed by atoms with Gasteiger partial charge in [0.15, 0.2) is 0 Å². The summed E-state index contributed by atoms with van der Waals surface area (Å²) in [5, 5.41) is 3.68. The van der Waals surface area contributed by atoms with E-state index in [0.717, 1.165) is 42.4 Å². The lowest BCUT2D eigenvalue weighted by atomic mass is 9.98. The Hall–Kier alpha value is -1.16. The summed E-state index contributed by atoms with van der Waals surface area (Å²) in [7, 11) is 0. The van der Waals surface area contributed by atoms with E-state index in [2.05, 4.69) is 42.0 Å². The highest BCUT2D eigenvalue weighted by atomic mass is 15.2. The molecule has 21 heavy (non-hydrogen) atoms. The number of nitrogens with zero attached hydrogens (tertiary/aromatic N) is 3. The minimum atomic E-state index is 0.390. The van der Waals surface area contributed by atoms with Crippen LogP contribution in [0.5, 0.6) is 0 Å². The zero-order valence-electron chi connectivity index (χ0n) is 13.6. The third-order valence-corrected chi connectivity index (χ3v) is 4.49. The Labute approximate surface area is 128 Å². The molecule has 0 aromatic carbocycles. The molecule has 1 aromatic rings. The summed E-state index contributed by atoms with van der Waals surface area (Å²) in [6.07, 6.45) is 5.37. The SMILES string of the molecule is Cc1cc(N2CCCC(CNC3CC3)C2)nc(C(C)C)n1. The molecule has 2 heterocycles. The Bertz CT molecular complexity index is 482. The van der Waals surface area contributed by atoms with Gasteiger partial charge in [0.25, 0.3) is 0 Å². The van der Waals surface area contributed by atoms with E-state index in [1.54, 1.807) is 0 Å². The first-order valence-electron chi connectivity index (χ1n) is 8.45. The minimum Gasteiger partial charge on any atom is -0.356 e. The molecule has 1 atom stereocenters. The van der Waals surface area contributed by atoms with Gasteiger partial charge in [-0.25, -0.2) is 9.97 Å². The first-order chi connectivity index (χ1) is 10.1. The van der Waals surface area contributed by atoms with Gasteiger partial charge < -0.3 is 10.2 Å². The Morgan fingerprint density at radius 2 is 2.10 bits per heavy atom. The molecule has 1 aromatic heterocycles. The van der Waals surface area contributed by atoms with Gasteiger partial charge in [-0.15, -0.1) is 0 Å². The average Bonchev–Trinajstić information content (AvgIpc) is 3.29. The molecule has 0 spiro atoms. The summed E-state index contributed by atoms with van der Waals surface area (Å²) in [6, 6.07) is 2.96. The van der Waals surface area contributed by atoms with Crippen LogP contribution in [0.1, 0.15) is 57.0 Å². The van der Waals surface area contributed by atoms with Crippen LogP contribution < -0.4 is 10.2 Å². The van der Waals surface area contributed by atoms with Crippen LogP contribution >= 0.6 is 0 Å². The van der Waals surface area contributed by atoms with Crippen LogP contribution in [-0.4, -0.2) is 35.6 Å². The fourth-order valence-corrected chi connectivity index (χ4v) is 3.06. The molecule has 1 unspecified atom stereocenters. The number of rotatable bonds is 5. The number of aromatic nitrogens is 2. The van der Waals surface area contributed by atoms with E-state index in [1.165, 1.54) is 32.2 Å². The Balaban J connectivity index is 1.66. The van der Waals surface area contributed by atoms with Crippen LogP contribution in [0.4, 0.5) is 5.82 Å². The molecule has 0 amide bonds. The van der Waals surface area contributed by atoms with Gasteiger partial charge in [-0.05, 0) is 45.1 Å². The van der Waals surface area contributed by atoms with Gasteiger partial charge in [-0.2, -0.15) is 0 Å². The molecule has 2 aliphatic rings. The van der Waals surface area contributed by atoms with Crippen molar-refractivity contribution in [1.82, 2.24) is 15.3 Å². The first-order valence-corrected chi connectivity index (χ1v) is 8.45. The van der Waals surface area contributed by atoms with Gasteiger partial charge in [0, 0.05) is 36.8 Å². The Morgan fingerprint density at radius 1 is 1.29 bits per heavy atom. The number of hydrogen-bond acceptors (Lipinski definition) is 4. The maximum absolute atomic E-state index is 4.79. The van der Waals surface area contributed by atoms with Crippen LogP contribution in [0.2, 0.25) is 0 Å². The zero-order chi connectivity index (χ0) is 14.8. The van der Waals surface area contributed by atoms with E-state index in [4.69, 9.17) is 4.98 Å². The van der Waals surface area contributed by atoms with Gasteiger partial charge in [0.2, 0.25) is 0 Å². The predicted molar refractivity (Wildman–Crippen MR) is 86.8 cm³/mol. The first kappa shape index (κ1) is 14.8. The molecule has 0 bridgehead atoms. The topological polar surface area (TPSA) is 41.0 Å². The fraction of sp³-hybridized carbons (Fsp3) is 0.765. The van der Waals surface area contributed by atoms with Crippen LogP contribution in [0.15, 0.2) is 6.07 Å². The molecule has 2 fully saturated rings. The molecular weight excluding hydrogens is 260 g/mol. The Kier molecular flexibility index (Phi) is 4.43. The number of nitrogens with one attached hydrogen (secondary N) is 1. The molecule has 116 valence electrons. The monoisotopic (exact) mass is 288 g/mol. The lowest BCUT2D eigenvalue weighted by molar-refractivity contribution is 0.389. The lowest BCUT2D eigenvalue weighted by Gasteiger charge is -2.34. The quantitative estimate of drug-likeness (QED) is 0.904. The van der Waals surface area contributed by atoms with Crippen LogP contribution in [-0.2, 0) is 0 Å². The summed E-state index contributed by atoms with van der Waals surface area (Å²) in [6.45, 7) is 9.84. The highest BCUT2D eigenvalue weighted by molar-refractivity contribution is 5.40. The fourth-order valence-electron chi connectivity index (χ4n) is 3.06. The maximum Gasteiger partial charge on any atom is 0.133 e. The average molecular weight is 288 g/mol. The van der Waals surface area contributed by atoms with Gasteiger partial charge in [0.05, 0.1) is 0 Å². The van der Waals surface area contributed by atoms with Crippen molar-refractivity contribution in [2.75, 3.05) is 24.5 Å². The van der Waals surface area contributed by atoms with Crippen molar-refractivity contribution >= 4 is 5.82 Å². The third kappa shape index (κ3) is 3.94. The largest absolute Gasteiger partial charge is 0.356 e. The highest BCUT2D eigenvalue weighted by Crippen LogP contribution is 2.25. The van der Waals surface area contributed by atoms with Crippen LogP contribution in [0.3, 0.4) is 0 Å². The van der Waals surface area contributed by atoms with Crippen molar-refractivity contribution in [1.29, 1.82) is 0 Å². The van der Waals surface area contributed by atoms with Gasteiger partial charge in [-0.1, -0.05) is 13.8 Å². The second kappa shape index (κ2) is 6.30. The van der Waals surface area contributed by atoms with Crippen molar-refractivity contribution in [2.45, 2.75) is 58.4 Å². The zero-order valence-corrected chi connectivity index (χ0v) is 13.6. The molecular formula is C17H28N4. The standard InChI is InChI=1S/C17H28N4/c1-12(2)17-19-13(3)9-16(20-17)21-8-4-5-14(11-21)10-18-15-6-7-15/h9,12,14-15,18H,4-8,10-11H2,1-3H3. The molecule has 0 radical (unpaired) electrons. The molecule has 1 saturated heterocycles. The van der Waals surface area contributed by atoms with Crippen molar-refractivity contribution in [3.63, 3.8) is 0 Å². The summed E-state index contributed by atoms with van der Waals surface area (Å²) in [5.74, 6) is 3.25. The van der Waals surface area contributed by atoms with Gasteiger partial charge in [0.1, 0.15) is 11.6 Å². The number of hydrogen-bond donors (Lipinski definition) is 1. The van der Waals surface area contributed by atoms with Crippen LogP contribution in [0.25, 0.3) is 0 Å². The molecule has 1 aliphatic heterocycles. The van der Waals surface area contributed by atoms with Gasteiger partial charge in [-0.3, -0.25) is 0 Å². The van der Waals surface area contributed by atoms with Crippen molar-refractivity contribution < 1.29 is 0 Å². The summed E-state index contributed by atoms with van der Waals surface area (Å²) < 4.78 is 0. The van der Waals surface area contributed by atoms with E-state index in [1.807, 2.05) is 0 Å². The number of piperidine rings is 1. The van der Waals surface area contributed by atoms with Crippen LogP contribution in [0, 0.1) is 12.8 Å². The number of aryl methyl sites for hydroxylation is 1. The van der Waals surface area contributed by atoms with Crippen molar-refractivity contribution in [2.24, 2.45) is 5.92 Å². The molecule has 1 N–H and O–H groups in total. The summed E-state index contributed by atoms with van der Waals surface area (Å²) in [4.78, 5) is 11.8. The van der Waals surface area contributed by atoms with E-state index in [-0.39, 0.29) is 0 Å².